The third-order valence-corrected chi connectivity index (χ3v) is 7.03. The van der Waals surface area contributed by atoms with Crippen molar-refractivity contribution in [1.29, 1.82) is 0 Å². The Kier molecular flexibility index (Phi) is 4.53. The zero-order chi connectivity index (χ0) is 21.9. The first-order chi connectivity index (χ1) is 14.9. The number of fused-ring (bicyclic) bond motifs is 3. The molecule has 31 heavy (non-hydrogen) atoms. The topological polar surface area (TPSA) is 101 Å². The minimum atomic E-state index is -1.08. The van der Waals surface area contributed by atoms with Crippen LogP contribution in [0.2, 0.25) is 0 Å². The number of carbonyl (C=O) groups excluding carboxylic acids is 3. The van der Waals surface area contributed by atoms with E-state index in [0.717, 1.165) is 29.7 Å². The number of hydrogen-bond acceptors (Lipinski definition) is 5. The molecular formula is C23H23N3O5. The average molecular weight is 421 g/mol. The van der Waals surface area contributed by atoms with E-state index in [4.69, 9.17) is 0 Å². The number of allylic oxidation sites excluding steroid dienone is 2. The lowest BCUT2D eigenvalue weighted by molar-refractivity contribution is -0.421. The van der Waals surface area contributed by atoms with E-state index in [-0.39, 0.29) is 41.2 Å². The SMILES string of the molecule is C[C@@H]1CCCC2C3=C(C[C@H](N4C(=O)c5ccccc5C4=O)C(=O)N21)C([N+](=O)[O-])=CCC3. The van der Waals surface area contributed by atoms with Gasteiger partial charge in [-0.2, -0.15) is 0 Å². The van der Waals surface area contributed by atoms with E-state index in [1.54, 1.807) is 35.2 Å². The molecule has 3 heterocycles. The smallest absolute Gasteiger partial charge is 0.268 e. The maximum Gasteiger partial charge on any atom is 0.268 e. The molecular weight excluding hydrogens is 398 g/mol. The van der Waals surface area contributed by atoms with Crippen LogP contribution in [0.15, 0.2) is 47.2 Å². The van der Waals surface area contributed by atoms with Crippen molar-refractivity contribution in [3.8, 4) is 0 Å². The van der Waals surface area contributed by atoms with Crippen molar-refractivity contribution in [2.24, 2.45) is 0 Å². The van der Waals surface area contributed by atoms with Crippen LogP contribution in [-0.4, -0.2) is 50.6 Å². The normalized spacial score (nSPS) is 28.1. The van der Waals surface area contributed by atoms with E-state index in [2.05, 4.69) is 0 Å². The molecule has 0 spiro atoms. The van der Waals surface area contributed by atoms with E-state index in [1.807, 2.05) is 6.92 Å². The second-order valence-corrected chi connectivity index (χ2v) is 8.68. The number of rotatable bonds is 2. The third kappa shape index (κ3) is 2.85. The molecule has 3 aliphatic heterocycles. The number of nitro groups is 1. The molecule has 5 rings (SSSR count). The predicted octanol–water partition coefficient (Wildman–Crippen LogP) is 3.08. The first kappa shape index (κ1) is 19.7. The van der Waals surface area contributed by atoms with Gasteiger partial charge in [-0.3, -0.25) is 29.4 Å². The number of carbonyl (C=O) groups is 3. The second kappa shape index (κ2) is 7.14. The Hall–Kier alpha value is -3.29. The Morgan fingerprint density at radius 1 is 1.03 bits per heavy atom. The van der Waals surface area contributed by atoms with Gasteiger partial charge >= 0.3 is 0 Å². The molecule has 1 aliphatic carbocycles. The predicted molar refractivity (Wildman–Crippen MR) is 111 cm³/mol. The summed E-state index contributed by atoms with van der Waals surface area (Å²) < 4.78 is 0. The number of amides is 3. The molecule has 3 atom stereocenters. The van der Waals surface area contributed by atoms with Crippen molar-refractivity contribution in [1.82, 2.24) is 9.80 Å². The number of piperidine rings is 1. The lowest BCUT2D eigenvalue weighted by atomic mass is 9.83. The lowest BCUT2D eigenvalue weighted by Crippen LogP contribution is -2.56. The maximum atomic E-state index is 13.8. The number of imide groups is 1. The molecule has 0 bridgehead atoms. The molecule has 0 aromatic heterocycles. The van der Waals surface area contributed by atoms with Crippen LogP contribution in [0, 0.1) is 10.1 Å². The van der Waals surface area contributed by atoms with Crippen LogP contribution in [0.1, 0.15) is 66.2 Å². The van der Waals surface area contributed by atoms with E-state index >= 15 is 0 Å². The van der Waals surface area contributed by atoms with E-state index in [1.165, 1.54) is 0 Å². The van der Waals surface area contributed by atoms with Gasteiger partial charge in [-0.05, 0) is 62.8 Å². The Labute approximate surface area is 179 Å². The van der Waals surface area contributed by atoms with Crippen molar-refractivity contribution in [3.63, 3.8) is 0 Å². The molecule has 0 radical (unpaired) electrons. The summed E-state index contributed by atoms with van der Waals surface area (Å²) in [6, 6.07) is 5.18. The summed E-state index contributed by atoms with van der Waals surface area (Å²) in [5, 5.41) is 11.8. The van der Waals surface area contributed by atoms with E-state index in [0.29, 0.717) is 18.4 Å². The van der Waals surface area contributed by atoms with Gasteiger partial charge in [0.25, 0.3) is 17.5 Å². The molecule has 8 heteroatoms. The van der Waals surface area contributed by atoms with Crippen LogP contribution in [0.4, 0.5) is 0 Å². The second-order valence-electron chi connectivity index (χ2n) is 8.68. The van der Waals surface area contributed by atoms with Crippen molar-refractivity contribution in [2.45, 2.75) is 63.6 Å². The van der Waals surface area contributed by atoms with Crippen molar-refractivity contribution in [2.75, 3.05) is 0 Å². The minimum Gasteiger partial charge on any atom is -0.331 e. The summed E-state index contributed by atoms with van der Waals surface area (Å²) in [5.41, 5.74) is 2.00. The summed E-state index contributed by atoms with van der Waals surface area (Å²) in [5.74, 6) is -1.30. The van der Waals surface area contributed by atoms with Gasteiger partial charge < -0.3 is 4.90 Å². The Balaban J connectivity index is 1.64. The van der Waals surface area contributed by atoms with Gasteiger partial charge in [-0.25, -0.2) is 0 Å². The van der Waals surface area contributed by atoms with Crippen LogP contribution >= 0.6 is 0 Å². The van der Waals surface area contributed by atoms with Crippen LogP contribution < -0.4 is 0 Å². The fourth-order valence-corrected chi connectivity index (χ4v) is 5.64. The molecule has 8 nitrogen and oxygen atoms in total. The monoisotopic (exact) mass is 421 g/mol. The molecule has 1 aromatic carbocycles. The fraction of sp³-hybridized carbons (Fsp3) is 0.435. The molecule has 1 aromatic rings. The Morgan fingerprint density at radius 3 is 2.35 bits per heavy atom. The van der Waals surface area contributed by atoms with Crippen LogP contribution in [0.5, 0.6) is 0 Å². The van der Waals surface area contributed by atoms with Gasteiger partial charge in [0.05, 0.1) is 22.1 Å². The van der Waals surface area contributed by atoms with Crippen LogP contribution in [0.25, 0.3) is 0 Å². The summed E-state index contributed by atoms with van der Waals surface area (Å²) in [7, 11) is 0. The fourth-order valence-electron chi connectivity index (χ4n) is 5.64. The number of benzene rings is 1. The highest BCUT2D eigenvalue weighted by molar-refractivity contribution is 6.23. The van der Waals surface area contributed by atoms with Gasteiger partial charge in [0.2, 0.25) is 5.91 Å². The lowest BCUT2D eigenvalue weighted by Gasteiger charge is -2.43. The minimum absolute atomic E-state index is 0.00777. The largest absolute Gasteiger partial charge is 0.331 e. The van der Waals surface area contributed by atoms with E-state index < -0.39 is 22.8 Å². The van der Waals surface area contributed by atoms with Gasteiger partial charge in [0.15, 0.2) is 0 Å². The molecule has 4 aliphatic rings. The maximum absolute atomic E-state index is 13.8. The summed E-state index contributed by atoms with van der Waals surface area (Å²) >= 11 is 0. The molecule has 1 fully saturated rings. The third-order valence-electron chi connectivity index (χ3n) is 7.03. The molecule has 1 unspecified atom stereocenters. The molecule has 3 amide bonds. The van der Waals surface area contributed by atoms with Crippen molar-refractivity contribution >= 4 is 17.7 Å². The van der Waals surface area contributed by atoms with Gasteiger partial charge in [0.1, 0.15) is 6.04 Å². The highest BCUT2D eigenvalue weighted by Gasteiger charge is 2.50. The molecule has 0 saturated carbocycles. The zero-order valence-electron chi connectivity index (χ0n) is 17.2. The standard InChI is InChI=1S/C23H23N3O5/c1-13-6-4-10-18-14-9-5-11-19(26(30)31)17(14)12-20(23(29)24(13)18)25-21(27)15-7-2-3-8-16(15)22(25)28/h2-3,7-8,11,13,18,20H,4-6,9-10,12H2,1H3/t13-,18?,20+/m1/s1. The quantitative estimate of drug-likeness (QED) is 0.415. The van der Waals surface area contributed by atoms with Gasteiger partial charge in [0, 0.05) is 18.0 Å². The molecule has 1 saturated heterocycles. The first-order valence-corrected chi connectivity index (χ1v) is 10.8. The Bertz CT molecular complexity index is 1050. The highest BCUT2D eigenvalue weighted by Crippen LogP contribution is 2.42. The molecule has 0 N–H and O–H groups in total. The Morgan fingerprint density at radius 2 is 1.71 bits per heavy atom. The van der Waals surface area contributed by atoms with Gasteiger partial charge in [-0.15, -0.1) is 0 Å². The zero-order valence-corrected chi connectivity index (χ0v) is 17.2. The van der Waals surface area contributed by atoms with Crippen molar-refractivity contribution in [3.05, 3.63) is 68.4 Å². The first-order valence-electron chi connectivity index (χ1n) is 10.8. The highest BCUT2D eigenvalue weighted by atomic mass is 16.6. The van der Waals surface area contributed by atoms with Crippen LogP contribution in [0.3, 0.4) is 0 Å². The summed E-state index contributed by atoms with van der Waals surface area (Å²) in [4.78, 5) is 54.4. The average Bonchev–Trinajstić information content (AvgIpc) is 2.93. The summed E-state index contributed by atoms with van der Waals surface area (Å²) in [6.07, 6.45) is 5.31. The number of nitrogens with zero attached hydrogens (tertiary/aromatic N) is 3. The van der Waals surface area contributed by atoms with Crippen LogP contribution in [-0.2, 0) is 4.79 Å². The van der Waals surface area contributed by atoms with E-state index in [9.17, 15) is 24.5 Å². The number of hydrogen-bond donors (Lipinski definition) is 0. The molecule has 160 valence electrons. The summed E-state index contributed by atoms with van der Waals surface area (Å²) in [6.45, 7) is 1.97. The van der Waals surface area contributed by atoms with Gasteiger partial charge in [-0.1, -0.05) is 12.1 Å². The van der Waals surface area contributed by atoms with Crippen molar-refractivity contribution < 1.29 is 19.3 Å².